The number of rotatable bonds is 3. The van der Waals surface area contributed by atoms with Gasteiger partial charge in [0.25, 0.3) is 0 Å². The van der Waals surface area contributed by atoms with Crippen LogP contribution in [-0.2, 0) is 0 Å². The van der Waals surface area contributed by atoms with E-state index in [4.69, 9.17) is 5.73 Å². The molecule has 0 aliphatic heterocycles. The summed E-state index contributed by atoms with van der Waals surface area (Å²) in [6, 6.07) is 7.61. The molecule has 0 spiro atoms. The minimum absolute atomic E-state index is 0.168. The summed E-state index contributed by atoms with van der Waals surface area (Å²) in [6.07, 6.45) is 3.21. The van der Waals surface area contributed by atoms with Crippen LogP contribution in [0.1, 0.15) is 26.2 Å². The molecule has 2 rings (SSSR count). The maximum absolute atomic E-state index is 13.2. The Hall–Kier alpha value is -1.09. The normalized spacial score (nSPS) is 24.7. The van der Waals surface area contributed by atoms with Crippen LogP contribution in [0.15, 0.2) is 24.3 Å². The molecular formula is C13H19FN2. The lowest BCUT2D eigenvalue weighted by atomic mass is 10.1. The molecule has 0 bridgehead atoms. The van der Waals surface area contributed by atoms with Gasteiger partial charge in [0.2, 0.25) is 0 Å². The zero-order valence-corrected chi connectivity index (χ0v) is 9.70. The first-order valence-corrected chi connectivity index (χ1v) is 5.98. The lowest BCUT2D eigenvalue weighted by molar-refractivity contribution is 0.597. The molecule has 1 aliphatic rings. The highest BCUT2D eigenvalue weighted by molar-refractivity contribution is 5.47. The number of anilines is 1. The van der Waals surface area contributed by atoms with Gasteiger partial charge < -0.3 is 10.6 Å². The average Bonchev–Trinajstić information content (AvgIpc) is 2.66. The van der Waals surface area contributed by atoms with E-state index in [9.17, 15) is 4.39 Å². The van der Waals surface area contributed by atoms with Crippen molar-refractivity contribution in [3.8, 4) is 0 Å². The topological polar surface area (TPSA) is 29.3 Å². The van der Waals surface area contributed by atoms with Crippen LogP contribution in [0.5, 0.6) is 0 Å². The molecule has 2 atom stereocenters. The van der Waals surface area contributed by atoms with Gasteiger partial charge in [-0.25, -0.2) is 4.39 Å². The molecule has 1 aromatic rings. The summed E-state index contributed by atoms with van der Waals surface area (Å²) in [5, 5.41) is 0. The van der Waals surface area contributed by atoms with Crippen LogP contribution < -0.4 is 10.6 Å². The van der Waals surface area contributed by atoms with E-state index in [0.717, 1.165) is 31.5 Å². The predicted molar refractivity (Wildman–Crippen MR) is 65.0 cm³/mol. The Balaban J connectivity index is 2.16. The summed E-state index contributed by atoms with van der Waals surface area (Å²) >= 11 is 0. The van der Waals surface area contributed by atoms with Crippen LogP contribution in [0.2, 0.25) is 0 Å². The molecule has 1 fully saturated rings. The third-order valence-electron chi connectivity index (χ3n) is 3.37. The van der Waals surface area contributed by atoms with Gasteiger partial charge in [-0.15, -0.1) is 0 Å². The molecule has 0 saturated heterocycles. The highest BCUT2D eigenvalue weighted by Gasteiger charge is 2.26. The lowest BCUT2D eigenvalue weighted by Gasteiger charge is -2.30. The molecule has 3 heteroatoms. The minimum atomic E-state index is -0.168. The van der Waals surface area contributed by atoms with Gasteiger partial charge in [-0.1, -0.05) is 6.07 Å². The Labute approximate surface area is 96.2 Å². The van der Waals surface area contributed by atoms with Crippen LogP contribution in [0.25, 0.3) is 0 Å². The third kappa shape index (κ3) is 2.35. The van der Waals surface area contributed by atoms with Gasteiger partial charge in [0.1, 0.15) is 5.82 Å². The minimum Gasteiger partial charge on any atom is -0.369 e. The fourth-order valence-corrected chi connectivity index (χ4v) is 2.58. The van der Waals surface area contributed by atoms with Crippen molar-refractivity contribution in [3.05, 3.63) is 30.1 Å². The molecule has 2 nitrogen and oxygen atoms in total. The van der Waals surface area contributed by atoms with Gasteiger partial charge in [-0.05, 0) is 44.4 Å². The van der Waals surface area contributed by atoms with E-state index < -0.39 is 0 Å². The Kier molecular flexibility index (Phi) is 3.44. The first-order chi connectivity index (χ1) is 7.70. The number of hydrogen-bond donors (Lipinski definition) is 1. The molecule has 1 saturated carbocycles. The summed E-state index contributed by atoms with van der Waals surface area (Å²) in [7, 11) is 0. The second-order valence-corrected chi connectivity index (χ2v) is 4.49. The second kappa shape index (κ2) is 4.83. The molecule has 0 amide bonds. The van der Waals surface area contributed by atoms with Gasteiger partial charge in [-0.3, -0.25) is 0 Å². The number of halogens is 1. The highest BCUT2D eigenvalue weighted by atomic mass is 19.1. The number of nitrogens with zero attached hydrogens (tertiary/aromatic N) is 1. The van der Waals surface area contributed by atoms with Crippen LogP contribution in [-0.4, -0.2) is 18.6 Å². The van der Waals surface area contributed by atoms with Crippen LogP contribution in [0.4, 0.5) is 10.1 Å². The molecular weight excluding hydrogens is 203 g/mol. The van der Waals surface area contributed by atoms with E-state index in [1.165, 1.54) is 6.07 Å². The van der Waals surface area contributed by atoms with Crippen molar-refractivity contribution in [3.63, 3.8) is 0 Å². The fourth-order valence-electron chi connectivity index (χ4n) is 2.58. The van der Waals surface area contributed by atoms with E-state index in [-0.39, 0.29) is 5.82 Å². The molecule has 16 heavy (non-hydrogen) atoms. The number of nitrogens with two attached hydrogens (primary N) is 1. The van der Waals surface area contributed by atoms with Crippen molar-refractivity contribution in [2.45, 2.75) is 38.3 Å². The monoisotopic (exact) mass is 222 g/mol. The van der Waals surface area contributed by atoms with Crippen molar-refractivity contribution >= 4 is 5.69 Å². The lowest BCUT2D eigenvalue weighted by Crippen LogP contribution is -2.34. The number of hydrogen-bond acceptors (Lipinski definition) is 2. The van der Waals surface area contributed by atoms with E-state index in [1.54, 1.807) is 12.1 Å². The average molecular weight is 222 g/mol. The molecule has 1 aromatic carbocycles. The van der Waals surface area contributed by atoms with Gasteiger partial charge in [0, 0.05) is 24.3 Å². The van der Waals surface area contributed by atoms with Crippen molar-refractivity contribution < 1.29 is 4.39 Å². The van der Waals surface area contributed by atoms with Crippen molar-refractivity contribution in [2.24, 2.45) is 5.73 Å². The Morgan fingerprint density at radius 1 is 1.44 bits per heavy atom. The fraction of sp³-hybridized carbons (Fsp3) is 0.538. The quantitative estimate of drug-likeness (QED) is 0.851. The van der Waals surface area contributed by atoms with Gasteiger partial charge in [-0.2, -0.15) is 0 Å². The summed E-state index contributed by atoms with van der Waals surface area (Å²) in [5.41, 5.74) is 6.90. The van der Waals surface area contributed by atoms with E-state index >= 15 is 0 Å². The van der Waals surface area contributed by atoms with Crippen LogP contribution in [0, 0.1) is 5.82 Å². The smallest absolute Gasteiger partial charge is 0.125 e. The molecule has 0 radical (unpaired) electrons. The molecule has 0 heterocycles. The van der Waals surface area contributed by atoms with E-state index in [0.29, 0.717) is 12.1 Å². The standard InChI is InChI=1S/C13H19FN2/c1-2-16(13-7-6-11(15)9-13)12-5-3-4-10(14)8-12/h3-5,8,11,13H,2,6-7,9,15H2,1H3. The number of benzene rings is 1. The summed E-state index contributed by atoms with van der Waals surface area (Å²) in [6.45, 7) is 3.01. The summed E-state index contributed by atoms with van der Waals surface area (Å²) in [5.74, 6) is -0.168. The second-order valence-electron chi connectivity index (χ2n) is 4.49. The first-order valence-electron chi connectivity index (χ1n) is 5.98. The molecule has 2 N–H and O–H groups in total. The van der Waals surface area contributed by atoms with Crippen molar-refractivity contribution in [1.29, 1.82) is 0 Å². The Bertz CT molecular complexity index is 354. The maximum Gasteiger partial charge on any atom is 0.125 e. The van der Waals surface area contributed by atoms with Gasteiger partial charge in [0.15, 0.2) is 0 Å². The Morgan fingerprint density at radius 2 is 2.25 bits per heavy atom. The molecule has 1 aliphatic carbocycles. The largest absolute Gasteiger partial charge is 0.369 e. The maximum atomic E-state index is 13.2. The van der Waals surface area contributed by atoms with Gasteiger partial charge in [0.05, 0.1) is 0 Å². The molecule has 0 aromatic heterocycles. The zero-order valence-electron chi connectivity index (χ0n) is 9.70. The predicted octanol–water partition coefficient (Wildman–Crippen LogP) is 2.53. The van der Waals surface area contributed by atoms with E-state index in [1.807, 2.05) is 6.07 Å². The van der Waals surface area contributed by atoms with Gasteiger partial charge >= 0.3 is 0 Å². The third-order valence-corrected chi connectivity index (χ3v) is 3.37. The summed E-state index contributed by atoms with van der Waals surface area (Å²) in [4.78, 5) is 2.26. The highest BCUT2D eigenvalue weighted by Crippen LogP contribution is 2.27. The van der Waals surface area contributed by atoms with Crippen molar-refractivity contribution in [2.75, 3.05) is 11.4 Å². The summed E-state index contributed by atoms with van der Waals surface area (Å²) < 4.78 is 13.2. The van der Waals surface area contributed by atoms with Crippen LogP contribution in [0.3, 0.4) is 0 Å². The van der Waals surface area contributed by atoms with Crippen molar-refractivity contribution in [1.82, 2.24) is 0 Å². The zero-order chi connectivity index (χ0) is 11.5. The molecule has 88 valence electrons. The Morgan fingerprint density at radius 3 is 2.81 bits per heavy atom. The SMILES string of the molecule is CCN(c1cccc(F)c1)C1CCC(N)C1. The van der Waals surface area contributed by atoms with Crippen LogP contribution >= 0.6 is 0 Å². The first kappa shape index (κ1) is 11.4. The molecule has 2 unspecified atom stereocenters. The van der Waals surface area contributed by atoms with E-state index in [2.05, 4.69) is 11.8 Å².